The van der Waals surface area contributed by atoms with Crippen LogP contribution in [0.1, 0.15) is 26.2 Å². The van der Waals surface area contributed by atoms with Gasteiger partial charge in [0.15, 0.2) is 6.10 Å². The predicted octanol–water partition coefficient (Wildman–Crippen LogP) is 3.83. The molecule has 1 saturated heterocycles. The van der Waals surface area contributed by atoms with Gasteiger partial charge in [-0.15, -0.1) is 0 Å². The monoisotopic (exact) mass is 318 g/mol. The second kappa shape index (κ2) is 7.16. The lowest BCUT2D eigenvalue weighted by Crippen LogP contribution is -2.37. The first-order valence-electron chi connectivity index (χ1n) is 6.54. The second-order valence-corrected chi connectivity index (χ2v) is 5.27. The maximum absolute atomic E-state index is 11.7. The quantitative estimate of drug-likeness (QED) is 0.791. The normalized spacial score (nSPS) is 22.4. The van der Waals surface area contributed by atoms with Crippen molar-refractivity contribution in [2.24, 2.45) is 0 Å². The third-order valence-corrected chi connectivity index (χ3v) is 3.45. The first-order chi connectivity index (χ1) is 9.60. The molecule has 1 aliphatic rings. The van der Waals surface area contributed by atoms with Crippen molar-refractivity contribution in [1.29, 1.82) is 0 Å². The minimum atomic E-state index is -0.570. The Labute approximate surface area is 127 Å². The van der Waals surface area contributed by atoms with Crippen molar-refractivity contribution >= 4 is 29.2 Å². The summed E-state index contributed by atoms with van der Waals surface area (Å²) < 4.78 is 16.2. The van der Waals surface area contributed by atoms with Gasteiger partial charge >= 0.3 is 5.97 Å². The lowest BCUT2D eigenvalue weighted by atomic mass is 10.1. The van der Waals surface area contributed by atoms with Crippen LogP contribution in [0.15, 0.2) is 18.2 Å². The average Bonchev–Trinajstić information content (AvgIpc) is 2.43. The predicted molar refractivity (Wildman–Crippen MR) is 76.2 cm³/mol. The van der Waals surface area contributed by atoms with Crippen molar-refractivity contribution < 1.29 is 19.0 Å². The van der Waals surface area contributed by atoms with E-state index in [1.54, 1.807) is 25.1 Å². The van der Waals surface area contributed by atoms with Crippen molar-refractivity contribution in [2.75, 3.05) is 6.61 Å². The molecule has 4 nitrogen and oxygen atoms in total. The van der Waals surface area contributed by atoms with Gasteiger partial charge in [-0.3, -0.25) is 0 Å². The number of rotatable bonds is 4. The fourth-order valence-electron chi connectivity index (χ4n) is 2.00. The number of carbonyl (C=O) groups is 1. The smallest absolute Gasteiger partial charge is 0.335 e. The summed E-state index contributed by atoms with van der Waals surface area (Å²) >= 11 is 11.9. The molecule has 110 valence electrons. The van der Waals surface area contributed by atoms with Crippen LogP contribution in [0.25, 0.3) is 0 Å². The first kappa shape index (κ1) is 15.4. The number of halogens is 2. The van der Waals surface area contributed by atoms with E-state index in [1.165, 1.54) is 0 Å². The van der Waals surface area contributed by atoms with Crippen LogP contribution in [0.3, 0.4) is 0 Å². The maximum Gasteiger partial charge on any atom is 0.335 e. The zero-order valence-corrected chi connectivity index (χ0v) is 12.6. The van der Waals surface area contributed by atoms with Crippen molar-refractivity contribution in [3.05, 3.63) is 28.2 Å². The molecule has 0 saturated carbocycles. The van der Waals surface area contributed by atoms with Crippen molar-refractivity contribution in [1.82, 2.24) is 0 Å². The molecule has 0 aliphatic carbocycles. The topological polar surface area (TPSA) is 44.8 Å². The Kier molecular flexibility index (Phi) is 5.52. The summed E-state index contributed by atoms with van der Waals surface area (Å²) in [5, 5.41) is 0.954. The molecule has 6 heteroatoms. The Bertz CT molecular complexity index is 478. The Morgan fingerprint density at radius 2 is 2.20 bits per heavy atom. The second-order valence-electron chi connectivity index (χ2n) is 4.43. The summed E-state index contributed by atoms with van der Waals surface area (Å²) in [7, 11) is 0. The highest BCUT2D eigenvalue weighted by Crippen LogP contribution is 2.30. The number of hydrogen-bond acceptors (Lipinski definition) is 4. The van der Waals surface area contributed by atoms with E-state index in [9.17, 15) is 4.79 Å². The highest BCUT2D eigenvalue weighted by molar-refractivity contribution is 6.35. The molecular weight excluding hydrogens is 303 g/mol. The summed E-state index contributed by atoms with van der Waals surface area (Å²) in [5.74, 6) is 0.147. The van der Waals surface area contributed by atoms with Crippen LogP contribution in [0.2, 0.25) is 10.0 Å². The van der Waals surface area contributed by atoms with Crippen molar-refractivity contribution in [3.8, 4) is 5.75 Å². The molecular formula is C14H16Cl2O4. The SMILES string of the molecule is CCOC(=O)[C@H]1CCC[C@@H](Oc2ccc(Cl)cc2Cl)O1. The molecule has 0 spiro atoms. The lowest BCUT2D eigenvalue weighted by Gasteiger charge is -2.29. The zero-order valence-electron chi connectivity index (χ0n) is 11.1. The van der Waals surface area contributed by atoms with Crippen LogP contribution < -0.4 is 4.74 Å². The lowest BCUT2D eigenvalue weighted by molar-refractivity contribution is -0.185. The third kappa shape index (κ3) is 4.01. The highest BCUT2D eigenvalue weighted by Gasteiger charge is 2.30. The Balaban J connectivity index is 1.97. The molecule has 0 N–H and O–H groups in total. The molecule has 0 unspecified atom stereocenters. The molecule has 0 amide bonds. The van der Waals surface area contributed by atoms with Crippen LogP contribution in [0, 0.1) is 0 Å². The van der Waals surface area contributed by atoms with E-state index in [0.29, 0.717) is 35.2 Å². The minimum absolute atomic E-state index is 0.341. The standard InChI is InChI=1S/C14H16Cl2O4/c1-2-18-14(17)12-4-3-5-13(20-12)19-11-7-6-9(15)8-10(11)16/h6-8,12-13H,2-5H2,1H3/t12-,13+/m1/s1. The minimum Gasteiger partial charge on any atom is -0.464 e. The van der Waals surface area contributed by atoms with Gasteiger partial charge in [0.25, 0.3) is 0 Å². The van der Waals surface area contributed by atoms with E-state index in [4.69, 9.17) is 37.4 Å². The van der Waals surface area contributed by atoms with Crippen LogP contribution >= 0.6 is 23.2 Å². The molecule has 1 fully saturated rings. The number of ether oxygens (including phenoxy) is 3. The van der Waals surface area contributed by atoms with Crippen molar-refractivity contribution in [2.45, 2.75) is 38.6 Å². The van der Waals surface area contributed by atoms with Crippen LogP contribution in [0.5, 0.6) is 5.75 Å². The van der Waals surface area contributed by atoms with Gasteiger partial charge in [0, 0.05) is 11.4 Å². The fourth-order valence-corrected chi connectivity index (χ4v) is 2.45. The summed E-state index contributed by atoms with van der Waals surface area (Å²) in [4.78, 5) is 11.7. The van der Waals surface area contributed by atoms with Gasteiger partial charge in [-0.1, -0.05) is 23.2 Å². The van der Waals surface area contributed by atoms with Gasteiger partial charge < -0.3 is 14.2 Å². The Morgan fingerprint density at radius 1 is 1.40 bits per heavy atom. The van der Waals surface area contributed by atoms with Gasteiger partial charge in [0.05, 0.1) is 11.6 Å². The van der Waals surface area contributed by atoms with Gasteiger partial charge in [0.1, 0.15) is 5.75 Å². The fraction of sp³-hybridized carbons (Fsp3) is 0.500. The highest BCUT2D eigenvalue weighted by atomic mass is 35.5. The van der Waals surface area contributed by atoms with Crippen LogP contribution in [-0.2, 0) is 14.3 Å². The summed E-state index contributed by atoms with van der Waals surface area (Å²) in [6.07, 6.45) is 1.11. The molecule has 2 atom stereocenters. The number of benzene rings is 1. The average molecular weight is 319 g/mol. The first-order valence-corrected chi connectivity index (χ1v) is 7.29. The molecule has 0 aromatic heterocycles. The molecule has 0 radical (unpaired) electrons. The number of carbonyl (C=O) groups excluding carboxylic acids is 1. The number of esters is 1. The Hall–Kier alpha value is -0.970. The molecule has 1 aliphatic heterocycles. The van der Waals surface area contributed by atoms with Crippen molar-refractivity contribution in [3.63, 3.8) is 0 Å². The van der Waals surface area contributed by atoms with Gasteiger partial charge in [-0.2, -0.15) is 0 Å². The van der Waals surface area contributed by atoms with E-state index in [0.717, 1.165) is 6.42 Å². The van der Waals surface area contributed by atoms with Gasteiger partial charge in [0.2, 0.25) is 6.29 Å². The third-order valence-electron chi connectivity index (χ3n) is 2.92. The summed E-state index contributed by atoms with van der Waals surface area (Å²) in [6, 6.07) is 4.97. The largest absolute Gasteiger partial charge is 0.464 e. The number of hydrogen-bond donors (Lipinski definition) is 0. The van der Waals surface area contributed by atoms with E-state index < -0.39 is 12.4 Å². The molecule has 1 aromatic rings. The molecule has 0 bridgehead atoms. The zero-order chi connectivity index (χ0) is 14.5. The van der Waals surface area contributed by atoms with Gasteiger partial charge in [-0.25, -0.2) is 4.79 Å². The van der Waals surface area contributed by atoms with Crippen LogP contribution in [0.4, 0.5) is 0 Å². The summed E-state index contributed by atoms with van der Waals surface area (Å²) in [5.41, 5.74) is 0. The van der Waals surface area contributed by atoms with E-state index in [-0.39, 0.29) is 5.97 Å². The summed E-state index contributed by atoms with van der Waals surface area (Å²) in [6.45, 7) is 2.11. The molecule has 1 heterocycles. The van der Waals surface area contributed by atoms with E-state index in [1.807, 2.05) is 0 Å². The van der Waals surface area contributed by atoms with Gasteiger partial charge in [-0.05, 0) is 38.0 Å². The van der Waals surface area contributed by atoms with E-state index in [2.05, 4.69) is 0 Å². The van der Waals surface area contributed by atoms with Crippen LogP contribution in [-0.4, -0.2) is 25.0 Å². The molecule has 20 heavy (non-hydrogen) atoms. The molecule has 1 aromatic carbocycles. The Morgan fingerprint density at radius 3 is 2.90 bits per heavy atom. The molecule has 2 rings (SSSR count). The maximum atomic E-state index is 11.7. The van der Waals surface area contributed by atoms with E-state index >= 15 is 0 Å².